The molecule has 1 aliphatic carbocycles. The molecule has 1 N–H and O–H groups in total. The van der Waals surface area contributed by atoms with Crippen molar-refractivity contribution >= 4 is 6.09 Å². The number of hydrogen-bond donors (Lipinski definition) is 1. The highest BCUT2D eigenvalue weighted by Gasteiger charge is 2.55. The molecule has 1 saturated heterocycles. The van der Waals surface area contributed by atoms with E-state index in [1.807, 2.05) is 39.0 Å². The van der Waals surface area contributed by atoms with E-state index in [0.29, 0.717) is 19.4 Å². The molecule has 138 valence electrons. The van der Waals surface area contributed by atoms with E-state index in [0.717, 1.165) is 6.54 Å². The maximum absolute atomic E-state index is 14.1. The molecule has 25 heavy (non-hydrogen) atoms. The highest BCUT2D eigenvalue weighted by molar-refractivity contribution is 5.69. The number of hydrogen-bond acceptors (Lipinski definition) is 3. The van der Waals surface area contributed by atoms with Crippen LogP contribution in [0.2, 0.25) is 0 Å². The lowest BCUT2D eigenvalue weighted by Gasteiger charge is -2.32. The lowest BCUT2D eigenvalue weighted by molar-refractivity contribution is 0.0439. The van der Waals surface area contributed by atoms with E-state index in [4.69, 9.17) is 4.74 Å². The van der Waals surface area contributed by atoms with Crippen molar-refractivity contribution in [3.63, 3.8) is 0 Å². The van der Waals surface area contributed by atoms with Crippen LogP contribution in [0.25, 0.3) is 0 Å². The third kappa shape index (κ3) is 3.97. The second-order valence-corrected chi connectivity index (χ2v) is 8.53. The minimum atomic E-state index is -0.853. The number of alkyl carbamates (subject to hydrolysis) is 1. The van der Waals surface area contributed by atoms with E-state index in [9.17, 15) is 9.18 Å². The summed E-state index contributed by atoms with van der Waals surface area (Å²) in [5.74, 6) is 0.126. The van der Waals surface area contributed by atoms with Gasteiger partial charge in [0.15, 0.2) is 0 Å². The first-order valence-corrected chi connectivity index (χ1v) is 9.13. The fourth-order valence-electron chi connectivity index (χ4n) is 4.27. The quantitative estimate of drug-likeness (QED) is 0.895. The summed E-state index contributed by atoms with van der Waals surface area (Å²) in [6, 6.07) is 10.6. The number of fused-ring (bicyclic) bond motifs is 1. The Balaban J connectivity index is 1.74. The molecule has 1 aliphatic heterocycles. The first-order chi connectivity index (χ1) is 11.7. The van der Waals surface area contributed by atoms with Crippen LogP contribution >= 0.6 is 0 Å². The van der Waals surface area contributed by atoms with Crippen molar-refractivity contribution in [2.45, 2.75) is 63.9 Å². The number of rotatable bonds is 3. The standard InChI is InChI=1S/C20H29FN2O2/c1-14(15-8-6-5-7-9-15)23-12-16-10-17(21)11-20(16,13-23)22-18(24)25-19(2,3)4/h5-9,14,16-17H,10-13H2,1-4H3,(H,22,24)/t14-,16-,17?,20-/m1/s1. The third-order valence-electron chi connectivity index (χ3n) is 5.43. The smallest absolute Gasteiger partial charge is 0.408 e. The Morgan fingerprint density at radius 2 is 2.04 bits per heavy atom. The number of nitrogens with one attached hydrogen (secondary N) is 1. The van der Waals surface area contributed by atoms with Crippen LogP contribution in [0.3, 0.4) is 0 Å². The molecule has 4 atom stereocenters. The SMILES string of the molecule is C[C@H](c1ccccc1)N1C[C@H]2CC(F)C[C@@]2(NC(=O)OC(C)(C)C)C1. The maximum atomic E-state index is 14.1. The van der Waals surface area contributed by atoms with Crippen LogP contribution in [0.1, 0.15) is 52.1 Å². The largest absolute Gasteiger partial charge is 0.444 e. The lowest BCUT2D eigenvalue weighted by Crippen LogP contribution is -2.53. The second-order valence-electron chi connectivity index (χ2n) is 8.53. The first kappa shape index (κ1) is 18.2. The van der Waals surface area contributed by atoms with Crippen molar-refractivity contribution in [3.05, 3.63) is 35.9 Å². The number of carbonyl (C=O) groups excluding carboxylic acids is 1. The zero-order valence-electron chi connectivity index (χ0n) is 15.6. The van der Waals surface area contributed by atoms with Crippen molar-refractivity contribution in [3.8, 4) is 0 Å². The normalized spacial score (nSPS) is 30.8. The minimum Gasteiger partial charge on any atom is -0.444 e. The van der Waals surface area contributed by atoms with Crippen LogP contribution in [0.4, 0.5) is 9.18 Å². The Morgan fingerprint density at radius 3 is 2.68 bits per heavy atom. The number of ether oxygens (including phenoxy) is 1. The molecule has 1 heterocycles. The Morgan fingerprint density at radius 1 is 1.36 bits per heavy atom. The Kier molecular flexibility index (Phi) is 4.80. The molecule has 2 fully saturated rings. The Hall–Kier alpha value is -1.62. The average Bonchev–Trinajstić information content (AvgIpc) is 2.97. The predicted molar refractivity (Wildman–Crippen MR) is 96.2 cm³/mol. The molecule has 1 unspecified atom stereocenters. The van der Waals surface area contributed by atoms with Gasteiger partial charge in [0.2, 0.25) is 0 Å². The van der Waals surface area contributed by atoms with E-state index in [1.165, 1.54) is 5.56 Å². The number of nitrogens with zero attached hydrogens (tertiary/aromatic N) is 1. The Labute approximate surface area is 149 Å². The summed E-state index contributed by atoms with van der Waals surface area (Å²) in [4.78, 5) is 14.7. The molecule has 0 bridgehead atoms. The molecule has 0 aromatic heterocycles. The van der Waals surface area contributed by atoms with Gasteiger partial charge >= 0.3 is 6.09 Å². The second kappa shape index (κ2) is 6.60. The molecule has 4 nitrogen and oxygen atoms in total. The number of alkyl halides is 1. The molecule has 1 amide bonds. The number of halogens is 1. The lowest BCUT2D eigenvalue weighted by atomic mass is 9.91. The van der Waals surface area contributed by atoms with Gasteiger partial charge < -0.3 is 10.1 Å². The van der Waals surface area contributed by atoms with Crippen molar-refractivity contribution in [2.24, 2.45) is 5.92 Å². The topological polar surface area (TPSA) is 41.6 Å². The summed E-state index contributed by atoms with van der Waals surface area (Å²) in [5.41, 5.74) is 0.163. The zero-order chi connectivity index (χ0) is 18.2. The summed E-state index contributed by atoms with van der Waals surface area (Å²) >= 11 is 0. The monoisotopic (exact) mass is 348 g/mol. The van der Waals surface area contributed by atoms with Crippen LogP contribution in [0.5, 0.6) is 0 Å². The highest BCUT2D eigenvalue weighted by atomic mass is 19.1. The maximum Gasteiger partial charge on any atom is 0.408 e. The van der Waals surface area contributed by atoms with E-state index >= 15 is 0 Å². The highest BCUT2D eigenvalue weighted by Crippen LogP contribution is 2.45. The molecular weight excluding hydrogens is 319 g/mol. The molecule has 0 radical (unpaired) electrons. The molecular formula is C20H29FN2O2. The van der Waals surface area contributed by atoms with Gasteiger partial charge in [-0.2, -0.15) is 0 Å². The van der Waals surface area contributed by atoms with E-state index in [1.54, 1.807) is 0 Å². The summed E-state index contributed by atoms with van der Waals surface area (Å²) in [7, 11) is 0. The number of carbonyl (C=O) groups is 1. The van der Waals surface area contributed by atoms with E-state index in [2.05, 4.69) is 29.3 Å². The third-order valence-corrected chi connectivity index (χ3v) is 5.43. The summed E-state index contributed by atoms with van der Waals surface area (Å²) in [6.45, 7) is 9.15. The Bertz CT molecular complexity index is 616. The summed E-state index contributed by atoms with van der Waals surface area (Å²) < 4.78 is 19.5. The molecule has 0 spiro atoms. The first-order valence-electron chi connectivity index (χ1n) is 9.13. The summed E-state index contributed by atoms with van der Waals surface area (Å²) in [6.07, 6.45) is -0.419. The van der Waals surface area contributed by atoms with Crippen LogP contribution in [-0.2, 0) is 4.74 Å². The van der Waals surface area contributed by atoms with Gasteiger partial charge in [-0.1, -0.05) is 30.3 Å². The fourth-order valence-corrected chi connectivity index (χ4v) is 4.27. The molecule has 2 aliphatic rings. The van der Waals surface area contributed by atoms with Crippen LogP contribution < -0.4 is 5.32 Å². The van der Waals surface area contributed by atoms with E-state index in [-0.39, 0.29) is 12.0 Å². The predicted octanol–water partition coefficient (Wildman–Crippen LogP) is 4.07. The average molecular weight is 348 g/mol. The van der Waals surface area contributed by atoms with Crippen LogP contribution in [0, 0.1) is 5.92 Å². The van der Waals surface area contributed by atoms with Crippen LogP contribution in [0.15, 0.2) is 30.3 Å². The van der Waals surface area contributed by atoms with E-state index < -0.39 is 23.4 Å². The molecule has 3 rings (SSSR count). The van der Waals surface area contributed by atoms with Crippen molar-refractivity contribution < 1.29 is 13.9 Å². The fraction of sp³-hybridized carbons (Fsp3) is 0.650. The van der Waals surface area contributed by atoms with Gasteiger partial charge in [0.1, 0.15) is 11.8 Å². The van der Waals surface area contributed by atoms with Gasteiger partial charge in [0.05, 0.1) is 5.54 Å². The van der Waals surface area contributed by atoms with Crippen LogP contribution in [-0.4, -0.2) is 41.4 Å². The molecule has 1 aromatic rings. The van der Waals surface area contributed by atoms with Gasteiger partial charge in [0.25, 0.3) is 0 Å². The number of benzene rings is 1. The molecule has 5 heteroatoms. The van der Waals surface area contributed by atoms with Gasteiger partial charge in [0, 0.05) is 25.6 Å². The molecule has 1 saturated carbocycles. The number of amides is 1. The zero-order valence-corrected chi connectivity index (χ0v) is 15.6. The van der Waals surface area contributed by atoms with Gasteiger partial charge in [-0.05, 0) is 45.6 Å². The van der Waals surface area contributed by atoms with Gasteiger partial charge in [-0.3, -0.25) is 4.90 Å². The molecule has 1 aromatic carbocycles. The minimum absolute atomic E-state index is 0.126. The van der Waals surface area contributed by atoms with Gasteiger partial charge in [-0.15, -0.1) is 0 Å². The van der Waals surface area contributed by atoms with Crippen molar-refractivity contribution in [2.75, 3.05) is 13.1 Å². The van der Waals surface area contributed by atoms with Crippen molar-refractivity contribution in [1.29, 1.82) is 0 Å². The van der Waals surface area contributed by atoms with Gasteiger partial charge in [-0.25, -0.2) is 9.18 Å². The number of likely N-dealkylation sites (tertiary alicyclic amines) is 1. The summed E-state index contributed by atoms with van der Waals surface area (Å²) in [5, 5.41) is 3.03. The van der Waals surface area contributed by atoms with Crippen molar-refractivity contribution in [1.82, 2.24) is 10.2 Å².